The van der Waals surface area contributed by atoms with Crippen molar-refractivity contribution in [2.75, 3.05) is 11.9 Å². The molecule has 7 nitrogen and oxygen atoms in total. The Kier molecular flexibility index (Phi) is 6.31. The fourth-order valence-corrected chi connectivity index (χ4v) is 3.51. The predicted molar refractivity (Wildman–Crippen MR) is 101 cm³/mol. The number of nitriles is 1. The first-order valence-corrected chi connectivity index (χ1v) is 8.96. The SMILES string of the molecule is CCOC(=O)/C(C#N)=c1\s/c(=C/Nc2cc(C)cc(C)n2)c(=O)n1CC. The number of ether oxygens (including phenoxy) is 1. The lowest BCUT2D eigenvalue weighted by Gasteiger charge is -2.02. The summed E-state index contributed by atoms with van der Waals surface area (Å²) in [4.78, 5) is 28.9. The molecule has 0 aliphatic carbocycles. The Bertz CT molecular complexity index is 1020. The van der Waals surface area contributed by atoms with Crippen molar-refractivity contribution in [2.45, 2.75) is 34.2 Å². The summed E-state index contributed by atoms with van der Waals surface area (Å²) in [5.74, 6) is -0.108. The van der Waals surface area contributed by atoms with E-state index in [0.717, 1.165) is 22.6 Å². The number of rotatable bonds is 5. The fraction of sp³-hybridized carbons (Fsp3) is 0.333. The molecule has 0 aromatic carbocycles. The van der Waals surface area contributed by atoms with Crippen LogP contribution in [0.5, 0.6) is 0 Å². The molecule has 2 aromatic rings. The van der Waals surface area contributed by atoms with Crippen molar-refractivity contribution in [3.05, 3.63) is 42.9 Å². The number of hydrogen-bond acceptors (Lipinski definition) is 7. The summed E-state index contributed by atoms with van der Waals surface area (Å²) in [5.41, 5.74) is 1.47. The van der Waals surface area contributed by atoms with Crippen LogP contribution in [0.4, 0.5) is 5.82 Å². The molecule has 136 valence electrons. The molecule has 2 rings (SSSR count). The van der Waals surface area contributed by atoms with Gasteiger partial charge in [-0.1, -0.05) is 0 Å². The van der Waals surface area contributed by atoms with E-state index in [4.69, 9.17) is 4.74 Å². The third-order valence-corrected chi connectivity index (χ3v) is 4.61. The maximum absolute atomic E-state index is 12.6. The molecule has 0 atom stereocenters. The second-order valence-electron chi connectivity index (χ2n) is 5.49. The van der Waals surface area contributed by atoms with Gasteiger partial charge in [0.2, 0.25) is 0 Å². The molecule has 0 fully saturated rings. The molecule has 0 unspecified atom stereocenters. The third-order valence-electron chi connectivity index (χ3n) is 3.48. The summed E-state index contributed by atoms with van der Waals surface area (Å²) in [6.45, 7) is 7.78. The van der Waals surface area contributed by atoms with E-state index < -0.39 is 5.97 Å². The van der Waals surface area contributed by atoms with Crippen LogP contribution >= 0.6 is 11.3 Å². The average molecular weight is 372 g/mol. The molecule has 0 spiro atoms. The van der Waals surface area contributed by atoms with E-state index >= 15 is 0 Å². The summed E-state index contributed by atoms with van der Waals surface area (Å²) in [6.07, 6.45) is 1.55. The largest absolute Gasteiger partial charge is 0.462 e. The molecule has 2 heterocycles. The van der Waals surface area contributed by atoms with E-state index in [-0.39, 0.29) is 17.7 Å². The van der Waals surface area contributed by atoms with Gasteiger partial charge in [-0.05, 0) is 45.4 Å². The quantitative estimate of drug-likeness (QED) is 0.788. The normalized spacial score (nSPS) is 12.5. The van der Waals surface area contributed by atoms with Crippen LogP contribution in [-0.2, 0) is 16.1 Å². The van der Waals surface area contributed by atoms with Crippen LogP contribution in [-0.4, -0.2) is 22.1 Å². The Morgan fingerprint density at radius 3 is 2.73 bits per heavy atom. The molecule has 0 saturated carbocycles. The molecule has 1 N–H and O–H groups in total. The zero-order chi connectivity index (χ0) is 19.3. The lowest BCUT2D eigenvalue weighted by Crippen LogP contribution is -2.32. The second kappa shape index (κ2) is 8.45. The number of aromatic nitrogens is 2. The number of pyridine rings is 1. The predicted octanol–water partition coefficient (Wildman–Crippen LogP) is 1.03. The molecular weight excluding hydrogens is 352 g/mol. The Balaban J connectivity index is 2.59. The number of hydrogen-bond donors (Lipinski definition) is 1. The summed E-state index contributed by atoms with van der Waals surface area (Å²) in [5, 5.41) is 12.3. The highest BCUT2D eigenvalue weighted by Crippen LogP contribution is 2.08. The molecule has 0 saturated heterocycles. The van der Waals surface area contributed by atoms with Crippen LogP contribution in [0, 0.1) is 25.2 Å². The summed E-state index contributed by atoms with van der Waals surface area (Å²) < 4.78 is 6.97. The van der Waals surface area contributed by atoms with Gasteiger partial charge in [-0.3, -0.25) is 9.36 Å². The number of esters is 1. The van der Waals surface area contributed by atoms with Crippen molar-refractivity contribution in [1.29, 1.82) is 5.26 Å². The maximum Gasteiger partial charge on any atom is 0.351 e. The van der Waals surface area contributed by atoms with Crippen molar-refractivity contribution in [3.8, 4) is 6.07 Å². The van der Waals surface area contributed by atoms with Gasteiger partial charge in [-0.25, -0.2) is 9.78 Å². The van der Waals surface area contributed by atoms with Crippen LogP contribution in [0.1, 0.15) is 25.1 Å². The highest BCUT2D eigenvalue weighted by atomic mass is 32.1. The van der Waals surface area contributed by atoms with E-state index in [9.17, 15) is 14.9 Å². The number of aryl methyl sites for hydroxylation is 2. The fourth-order valence-electron chi connectivity index (χ4n) is 2.43. The van der Waals surface area contributed by atoms with Crippen molar-refractivity contribution in [1.82, 2.24) is 9.55 Å². The van der Waals surface area contributed by atoms with E-state index in [1.807, 2.05) is 32.0 Å². The van der Waals surface area contributed by atoms with Crippen molar-refractivity contribution < 1.29 is 9.53 Å². The Morgan fingerprint density at radius 2 is 2.15 bits per heavy atom. The van der Waals surface area contributed by atoms with Gasteiger partial charge in [0.15, 0.2) is 5.57 Å². The minimum Gasteiger partial charge on any atom is -0.462 e. The number of nitrogens with one attached hydrogen (secondary N) is 1. The number of nitrogens with zero attached hydrogens (tertiary/aromatic N) is 3. The summed E-state index contributed by atoms with van der Waals surface area (Å²) in [7, 11) is 0. The van der Waals surface area contributed by atoms with Crippen molar-refractivity contribution >= 4 is 34.9 Å². The smallest absolute Gasteiger partial charge is 0.351 e. The van der Waals surface area contributed by atoms with E-state index in [0.29, 0.717) is 21.6 Å². The third kappa shape index (κ3) is 4.18. The number of carbonyl (C=O) groups excluding carboxylic acids is 1. The van der Waals surface area contributed by atoms with Gasteiger partial charge in [-0.2, -0.15) is 5.26 Å². The van der Waals surface area contributed by atoms with Crippen LogP contribution in [0.25, 0.3) is 11.8 Å². The first-order valence-electron chi connectivity index (χ1n) is 8.14. The van der Waals surface area contributed by atoms with Crippen LogP contribution in [0.3, 0.4) is 0 Å². The number of anilines is 1. The molecule has 2 aromatic heterocycles. The number of carbonyl (C=O) groups is 1. The van der Waals surface area contributed by atoms with Crippen LogP contribution < -0.4 is 20.1 Å². The van der Waals surface area contributed by atoms with Gasteiger partial charge in [0.25, 0.3) is 5.56 Å². The monoisotopic (exact) mass is 372 g/mol. The first-order chi connectivity index (χ1) is 12.4. The topological polar surface area (TPSA) is 97.0 Å². The maximum atomic E-state index is 12.6. The molecule has 0 aliphatic heterocycles. The zero-order valence-electron chi connectivity index (χ0n) is 15.1. The lowest BCUT2D eigenvalue weighted by molar-refractivity contribution is -0.136. The van der Waals surface area contributed by atoms with Gasteiger partial charge < -0.3 is 10.1 Å². The Morgan fingerprint density at radius 1 is 1.42 bits per heavy atom. The minimum atomic E-state index is -0.728. The van der Waals surface area contributed by atoms with Gasteiger partial charge in [0.05, 0.1) is 6.61 Å². The summed E-state index contributed by atoms with van der Waals surface area (Å²) in [6, 6.07) is 5.67. The molecule has 0 bridgehead atoms. The Hall–Kier alpha value is -2.92. The van der Waals surface area contributed by atoms with Crippen LogP contribution in [0.15, 0.2) is 16.9 Å². The van der Waals surface area contributed by atoms with Crippen molar-refractivity contribution in [3.63, 3.8) is 0 Å². The van der Waals surface area contributed by atoms with E-state index in [2.05, 4.69) is 10.3 Å². The lowest BCUT2D eigenvalue weighted by atomic mass is 10.2. The van der Waals surface area contributed by atoms with Crippen LogP contribution in [0.2, 0.25) is 0 Å². The number of thiazole rings is 1. The second-order valence-corrected chi connectivity index (χ2v) is 6.52. The van der Waals surface area contributed by atoms with Gasteiger partial charge in [-0.15, -0.1) is 11.3 Å². The molecule has 0 amide bonds. The highest BCUT2D eigenvalue weighted by molar-refractivity contribution is 7.07. The first kappa shape index (κ1) is 19.4. The minimum absolute atomic E-state index is 0.157. The molecule has 8 heteroatoms. The van der Waals surface area contributed by atoms with Crippen molar-refractivity contribution in [2.24, 2.45) is 0 Å². The molecular formula is C18H20N4O3S. The van der Waals surface area contributed by atoms with E-state index in [1.54, 1.807) is 20.0 Å². The molecule has 26 heavy (non-hydrogen) atoms. The highest BCUT2D eigenvalue weighted by Gasteiger charge is 2.16. The van der Waals surface area contributed by atoms with E-state index in [1.165, 1.54) is 4.57 Å². The molecule has 0 aliphatic rings. The summed E-state index contributed by atoms with van der Waals surface area (Å²) >= 11 is 1.07. The van der Waals surface area contributed by atoms with Gasteiger partial charge in [0.1, 0.15) is 21.1 Å². The average Bonchev–Trinajstić information content (AvgIpc) is 2.89. The molecule has 0 radical (unpaired) electrons. The Labute approximate surface area is 154 Å². The zero-order valence-corrected chi connectivity index (χ0v) is 15.9. The van der Waals surface area contributed by atoms with Gasteiger partial charge >= 0.3 is 5.97 Å². The standard InChI is InChI=1S/C18H20N4O3S/c1-5-22-16(23)14(10-20-15-8-11(3)7-12(4)21-15)26-17(22)13(9-19)18(24)25-6-2/h7-8,10H,5-6H2,1-4H3,(H,20,21)/b14-10+,17-13-. The van der Waals surface area contributed by atoms with Gasteiger partial charge in [0, 0.05) is 18.4 Å².